The van der Waals surface area contributed by atoms with Gasteiger partial charge in [0, 0.05) is 18.3 Å². The Morgan fingerprint density at radius 1 is 1.59 bits per heavy atom. The number of pyridine rings is 1. The van der Waals surface area contributed by atoms with Crippen LogP contribution in [-0.2, 0) is 21.3 Å². The van der Waals surface area contributed by atoms with Crippen molar-refractivity contribution in [3.63, 3.8) is 0 Å². The van der Waals surface area contributed by atoms with Gasteiger partial charge in [0.2, 0.25) is 10.0 Å². The van der Waals surface area contributed by atoms with Crippen LogP contribution in [0.5, 0.6) is 0 Å². The van der Waals surface area contributed by atoms with Gasteiger partial charge >= 0.3 is 0 Å². The van der Waals surface area contributed by atoms with Gasteiger partial charge in [-0.15, -0.1) is 0 Å². The van der Waals surface area contributed by atoms with E-state index in [1.807, 2.05) is 0 Å². The number of amides is 1. The molecular weight excluding hydrogens is 310 g/mol. The highest BCUT2D eigenvalue weighted by molar-refractivity contribution is 7.88. The molecule has 2 heterocycles. The van der Waals surface area contributed by atoms with E-state index in [0.29, 0.717) is 31.0 Å². The van der Waals surface area contributed by atoms with Crippen LogP contribution in [0.3, 0.4) is 0 Å². The summed E-state index contributed by atoms with van der Waals surface area (Å²) >= 11 is 0. The van der Waals surface area contributed by atoms with Gasteiger partial charge in [0.15, 0.2) is 0 Å². The smallest absolute Gasteiger partial charge is 0.254 e. The van der Waals surface area contributed by atoms with Crippen molar-refractivity contribution in [3.8, 4) is 0 Å². The molecule has 1 fully saturated rings. The summed E-state index contributed by atoms with van der Waals surface area (Å²) in [7, 11) is -3.32. The maximum absolute atomic E-state index is 12.5. The van der Waals surface area contributed by atoms with Crippen LogP contribution in [0.25, 0.3) is 0 Å². The number of carbonyl (C=O) groups is 1. The van der Waals surface area contributed by atoms with E-state index in [1.54, 1.807) is 17.0 Å². The number of carbonyl (C=O) groups excluding carboxylic acids is 1. The number of aromatic nitrogens is 1. The maximum Gasteiger partial charge on any atom is 0.254 e. The lowest BCUT2D eigenvalue weighted by molar-refractivity contribution is -0.0184. The molecular formula is C13H19N3O5S. The normalized spacial score (nSPS) is 19.2. The largest absolute Gasteiger partial charge is 0.394 e. The topological polar surface area (TPSA) is 109 Å². The number of morpholine rings is 1. The van der Waals surface area contributed by atoms with E-state index in [-0.39, 0.29) is 25.1 Å². The minimum Gasteiger partial charge on any atom is -0.394 e. The Morgan fingerprint density at radius 2 is 2.36 bits per heavy atom. The van der Waals surface area contributed by atoms with Crippen molar-refractivity contribution in [2.75, 3.05) is 32.6 Å². The van der Waals surface area contributed by atoms with Crippen LogP contribution in [0.15, 0.2) is 18.3 Å². The first kappa shape index (κ1) is 16.8. The van der Waals surface area contributed by atoms with Crippen molar-refractivity contribution in [2.24, 2.45) is 0 Å². The summed E-state index contributed by atoms with van der Waals surface area (Å²) in [5, 5.41) is 9.32. The third-order valence-corrected chi connectivity index (χ3v) is 3.95. The molecule has 1 aliphatic heterocycles. The lowest BCUT2D eigenvalue weighted by Crippen LogP contribution is -2.50. The SMILES string of the molecule is CS(=O)(=O)NCc1cc(C(=O)N2CCOCC2CO)ccn1. The molecule has 1 atom stereocenters. The molecule has 0 saturated carbocycles. The molecule has 1 amide bonds. The number of aliphatic hydroxyl groups excluding tert-OH is 1. The summed E-state index contributed by atoms with van der Waals surface area (Å²) in [4.78, 5) is 18.1. The summed E-state index contributed by atoms with van der Waals surface area (Å²) in [5.74, 6) is -0.231. The Kier molecular flexibility index (Phi) is 5.46. The van der Waals surface area contributed by atoms with E-state index in [1.165, 1.54) is 6.20 Å². The first-order valence-electron chi connectivity index (χ1n) is 6.80. The zero-order valence-corrected chi connectivity index (χ0v) is 13.0. The summed E-state index contributed by atoms with van der Waals surface area (Å²) in [6.07, 6.45) is 2.52. The lowest BCUT2D eigenvalue weighted by Gasteiger charge is -2.34. The Morgan fingerprint density at radius 3 is 3.05 bits per heavy atom. The predicted octanol–water partition coefficient (Wildman–Crippen LogP) is -1.04. The van der Waals surface area contributed by atoms with E-state index < -0.39 is 10.0 Å². The molecule has 1 aromatic heterocycles. The fraction of sp³-hybridized carbons (Fsp3) is 0.538. The van der Waals surface area contributed by atoms with Crippen molar-refractivity contribution >= 4 is 15.9 Å². The molecule has 2 N–H and O–H groups in total. The number of hydrogen-bond donors (Lipinski definition) is 2. The Bertz CT molecular complexity index is 634. The standard InChI is InChI=1S/C13H19N3O5S/c1-22(19,20)15-7-11-6-10(2-3-14-11)13(18)16-4-5-21-9-12(16)8-17/h2-3,6,12,15,17H,4-5,7-9H2,1H3. The predicted molar refractivity (Wildman–Crippen MR) is 78.6 cm³/mol. The van der Waals surface area contributed by atoms with Crippen LogP contribution < -0.4 is 4.72 Å². The number of aliphatic hydroxyl groups is 1. The molecule has 0 spiro atoms. The average Bonchev–Trinajstić information content (AvgIpc) is 2.52. The Hall–Kier alpha value is -1.55. The van der Waals surface area contributed by atoms with Crippen LogP contribution >= 0.6 is 0 Å². The molecule has 2 rings (SSSR count). The van der Waals surface area contributed by atoms with Gasteiger partial charge < -0.3 is 14.7 Å². The second kappa shape index (κ2) is 7.14. The van der Waals surface area contributed by atoms with Crippen LogP contribution in [0, 0.1) is 0 Å². The van der Waals surface area contributed by atoms with E-state index in [2.05, 4.69) is 9.71 Å². The summed E-state index contributed by atoms with van der Waals surface area (Å²) in [6, 6.07) is 2.74. The van der Waals surface area contributed by atoms with Crippen molar-refractivity contribution in [1.82, 2.24) is 14.6 Å². The third-order valence-electron chi connectivity index (χ3n) is 3.28. The van der Waals surface area contributed by atoms with Crippen LogP contribution in [0.2, 0.25) is 0 Å². The van der Waals surface area contributed by atoms with E-state index >= 15 is 0 Å². The number of ether oxygens (including phenoxy) is 1. The molecule has 9 heteroatoms. The number of hydrogen-bond acceptors (Lipinski definition) is 6. The van der Waals surface area contributed by atoms with E-state index in [4.69, 9.17) is 4.74 Å². The second-order valence-electron chi connectivity index (χ2n) is 5.04. The number of nitrogens with zero attached hydrogens (tertiary/aromatic N) is 2. The highest BCUT2D eigenvalue weighted by Gasteiger charge is 2.27. The van der Waals surface area contributed by atoms with Gasteiger partial charge in [0.1, 0.15) is 0 Å². The maximum atomic E-state index is 12.5. The van der Waals surface area contributed by atoms with Crippen molar-refractivity contribution < 1.29 is 23.1 Å². The van der Waals surface area contributed by atoms with Gasteiger partial charge in [-0.05, 0) is 12.1 Å². The second-order valence-corrected chi connectivity index (χ2v) is 6.87. The zero-order chi connectivity index (χ0) is 16.2. The number of nitrogens with one attached hydrogen (secondary N) is 1. The third kappa shape index (κ3) is 4.47. The minimum absolute atomic E-state index is 0.0203. The lowest BCUT2D eigenvalue weighted by atomic mass is 10.1. The molecule has 1 unspecified atom stereocenters. The van der Waals surface area contributed by atoms with Crippen LogP contribution in [0.4, 0.5) is 0 Å². The molecule has 0 radical (unpaired) electrons. The van der Waals surface area contributed by atoms with Gasteiger partial charge in [-0.1, -0.05) is 0 Å². The van der Waals surface area contributed by atoms with Crippen molar-refractivity contribution in [1.29, 1.82) is 0 Å². The minimum atomic E-state index is -3.32. The Balaban J connectivity index is 2.12. The highest BCUT2D eigenvalue weighted by Crippen LogP contribution is 2.13. The molecule has 0 aromatic carbocycles. The van der Waals surface area contributed by atoms with Crippen LogP contribution in [-0.4, -0.2) is 68.0 Å². The number of rotatable bonds is 5. The molecule has 122 valence electrons. The quantitative estimate of drug-likeness (QED) is 0.714. The van der Waals surface area contributed by atoms with Crippen LogP contribution in [0.1, 0.15) is 16.1 Å². The highest BCUT2D eigenvalue weighted by atomic mass is 32.2. The van der Waals surface area contributed by atoms with Gasteiger partial charge in [0.25, 0.3) is 5.91 Å². The summed E-state index contributed by atoms with van der Waals surface area (Å²) in [5.41, 5.74) is 0.853. The molecule has 0 aliphatic carbocycles. The van der Waals surface area contributed by atoms with Gasteiger partial charge in [0.05, 0.1) is 44.4 Å². The molecule has 22 heavy (non-hydrogen) atoms. The van der Waals surface area contributed by atoms with Crippen molar-refractivity contribution in [2.45, 2.75) is 12.6 Å². The molecule has 0 bridgehead atoms. The molecule has 1 saturated heterocycles. The fourth-order valence-electron chi connectivity index (χ4n) is 2.15. The average molecular weight is 329 g/mol. The van der Waals surface area contributed by atoms with Crippen molar-refractivity contribution in [3.05, 3.63) is 29.6 Å². The van der Waals surface area contributed by atoms with Gasteiger partial charge in [-0.3, -0.25) is 9.78 Å². The van der Waals surface area contributed by atoms with E-state index in [9.17, 15) is 18.3 Å². The number of sulfonamides is 1. The van der Waals surface area contributed by atoms with E-state index in [0.717, 1.165) is 6.26 Å². The molecule has 1 aliphatic rings. The summed E-state index contributed by atoms with van der Waals surface area (Å²) in [6.45, 7) is 0.987. The summed E-state index contributed by atoms with van der Waals surface area (Å²) < 4.78 is 29.8. The monoisotopic (exact) mass is 329 g/mol. The van der Waals surface area contributed by atoms with Gasteiger partial charge in [-0.2, -0.15) is 0 Å². The molecule has 8 nitrogen and oxygen atoms in total. The zero-order valence-electron chi connectivity index (χ0n) is 12.2. The van der Waals surface area contributed by atoms with Gasteiger partial charge in [-0.25, -0.2) is 13.1 Å². The first-order valence-corrected chi connectivity index (χ1v) is 8.69. The Labute approximate surface area is 129 Å². The first-order chi connectivity index (χ1) is 10.4. The fourth-order valence-corrected chi connectivity index (χ4v) is 2.56. The molecule has 1 aromatic rings.